The van der Waals surface area contributed by atoms with E-state index in [1.165, 1.54) is 0 Å². The largest absolute Gasteiger partial charge is 0.496 e. The fourth-order valence-corrected chi connectivity index (χ4v) is 1.80. The topological polar surface area (TPSA) is 47.6 Å². The van der Waals surface area contributed by atoms with E-state index in [9.17, 15) is 4.79 Å². The van der Waals surface area contributed by atoms with E-state index in [1.807, 2.05) is 32.0 Å². The van der Waals surface area contributed by atoms with Gasteiger partial charge in [0.15, 0.2) is 0 Å². The molecular weight excluding hydrogens is 286 g/mol. The lowest BCUT2D eigenvalue weighted by atomic mass is 10.3. The summed E-state index contributed by atoms with van der Waals surface area (Å²) in [6.45, 7) is 3.79. The summed E-state index contributed by atoms with van der Waals surface area (Å²) in [4.78, 5) is 11.3. The zero-order valence-electron chi connectivity index (χ0n) is 10.1. The van der Waals surface area contributed by atoms with Gasteiger partial charge < -0.3 is 14.8 Å². The SMILES string of the molecule is COc1ccc(NCC(=O)OC(C)C)cc1Br. The van der Waals surface area contributed by atoms with Gasteiger partial charge in [-0.15, -0.1) is 0 Å². The number of esters is 1. The van der Waals surface area contributed by atoms with E-state index in [0.717, 1.165) is 15.9 Å². The minimum absolute atomic E-state index is 0.0908. The van der Waals surface area contributed by atoms with Crippen LogP contribution in [0.15, 0.2) is 22.7 Å². The molecule has 1 aromatic carbocycles. The summed E-state index contributed by atoms with van der Waals surface area (Å²) in [6, 6.07) is 5.51. The average molecular weight is 302 g/mol. The third kappa shape index (κ3) is 4.65. The Morgan fingerprint density at radius 1 is 1.47 bits per heavy atom. The zero-order chi connectivity index (χ0) is 12.8. The molecule has 5 heteroatoms. The summed E-state index contributed by atoms with van der Waals surface area (Å²) in [5.41, 5.74) is 0.832. The molecule has 1 N–H and O–H groups in total. The highest BCUT2D eigenvalue weighted by atomic mass is 79.9. The van der Waals surface area contributed by atoms with Gasteiger partial charge >= 0.3 is 5.97 Å². The Labute approximate surface area is 109 Å². The van der Waals surface area contributed by atoms with Crippen molar-refractivity contribution >= 4 is 27.6 Å². The average Bonchev–Trinajstić information content (AvgIpc) is 2.25. The fourth-order valence-electron chi connectivity index (χ4n) is 1.26. The van der Waals surface area contributed by atoms with Crippen molar-refractivity contribution in [3.8, 4) is 5.75 Å². The normalized spacial score (nSPS) is 10.2. The van der Waals surface area contributed by atoms with Gasteiger partial charge in [-0.3, -0.25) is 4.79 Å². The summed E-state index contributed by atoms with van der Waals surface area (Å²) >= 11 is 3.37. The van der Waals surface area contributed by atoms with Crippen LogP contribution in [0.2, 0.25) is 0 Å². The van der Waals surface area contributed by atoms with Gasteiger partial charge in [0.05, 0.1) is 17.7 Å². The van der Waals surface area contributed by atoms with Crippen LogP contribution in [-0.4, -0.2) is 25.7 Å². The molecule has 94 valence electrons. The van der Waals surface area contributed by atoms with Gasteiger partial charge in [0.2, 0.25) is 0 Å². The van der Waals surface area contributed by atoms with Crippen LogP contribution in [0.3, 0.4) is 0 Å². The molecule has 1 aromatic rings. The maximum absolute atomic E-state index is 11.3. The van der Waals surface area contributed by atoms with Crippen molar-refractivity contribution in [3.05, 3.63) is 22.7 Å². The van der Waals surface area contributed by atoms with E-state index in [1.54, 1.807) is 7.11 Å². The summed E-state index contributed by atoms with van der Waals surface area (Å²) in [6.07, 6.45) is -0.0908. The number of benzene rings is 1. The van der Waals surface area contributed by atoms with Crippen molar-refractivity contribution in [2.75, 3.05) is 19.0 Å². The molecule has 0 radical (unpaired) electrons. The number of methoxy groups -OCH3 is 1. The third-order valence-electron chi connectivity index (χ3n) is 1.96. The summed E-state index contributed by atoms with van der Waals surface area (Å²) in [5, 5.41) is 2.98. The Morgan fingerprint density at radius 2 is 2.18 bits per heavy atom. The number of anilines is 1. The fraction of sp³-hybridized carbons (Fsp3) is 0.417. The summed E-state index contributed by atoms with van der Waals surface area (Å²) in [5.74, 6) is 0.479. The van der Waals surface area contributed by atoms with Crippen LogP contribution in [0.5, 0.6) is 5.75 Å². The Balaban J connectivity index is 2.52. The predicted octanol–water partition coefficient (Wildman–Crippen LogP) is 2.82. The second-order valence-corrected chi connectivity index (χ2v) is 4.60. The van der Waals surface area contributed by atoms with Gasteiger partial charge in [0, 0.05) is 5.69 Å². The first-order valence-electron chi connectivity index (χ1n) is 5.30. The van der Waals surface area contributed by atoms with Gasteiger partial charge in [-0.05, 0) is 48.0 Å². The number of rotatable bonds is 5. The number of halogens is 1. The predicted molar refractivity (Wildman–Crippen MR) is 70.4 cm³/mol. The molecule has 0 unspecified atom stereocenters. The standard InChI is InChI=1S/C12H16BrNO3/c1-8(2)17-12(15)7-14-9-4-5-11(16-3)10(13)6-9/h4-6,8,14H,7H2,1-3H3. The Kier molecular flexibility index (Phi) is 5.28. The minimum Gasteiger partial charge on any atom is -0.496 e. The molecule has 0 heterocycles. The molecule has 0 aliphatic rings. The Bertz CT molecular complexity index is 393. The van der Waals surface area contributed by atoms with E-state index in [2.05, 4.69) is 21.2 Å². The first-order chi connectivity index (χ1) is 8.02. The molecule has 0 amide bonds. The number of hydrogen-bond acceptors (Lipinski definition) is 4. The van der Waals surface area contributed by atoms with Crippen LogP contribution in [-0.2, 0) is 9.53 Å². The van der Waals surface area contributed by atoms with Crippen LogP contribution in [0.4, 0.5) is 5.69 Å². The van der Waals surface area contributed by atoms with Crippen LogP contribution in [0.1, 0.15) is 13.8 Å². The van der Waals surface area contributed by atoms with Crippen molar-refractivity contribution in [1.29, 1.82) is 0 Å². The lowest BCUT2D eigenvalue weighted by molar-refractivity contribution is -0.145. The second-order valence-electron chi connectivity index (χ2n) is 3.74. The van der Waals surface area contributed by atoms with E-state index in [4.69, 9.17) is 9.47 Å². The van der Waals surface area contributed by atoms with Crippen molar-refractivity contribution in [2.45, 2.75) is 20.0 Å². The first-order valence-corrected chi connectivity index (χ1v) is 6.09. The van der Waals surface area contributed by atoms with Crippen LogP contribution in [0, 0.1) is 0 Å². The Hall–Kier alpha value is -1.23. The molecule has 0 saturated carbocycles. The molecular formula is C12H16BrNO3. The maximum atomic E-state index is 11.3. The number of carbonyl (C=O) groups is 1. The highest BCUT2D eigenvalue weighted by Gasteiger charge is 2.06. The van der Waals surface area contributed by atoms with Gasteiger partial charge in [-0.1, -0.05) is 0 Å². The molecule has 0 fully saturated rings. The quantitative estimate of drug-likeness (QED) is 0.850. The molecule has 0 aromatic heterocycles. The molecule has 0 atom stereocenters. The van der Waals surface area contributed by atoms with Crippen molar-refractivity contribution in [3.63, 3.8) is 0 Å². The molecule has 0 bridgehead atoms. The summed E-state index contributed by atoms with van der Waals surface area (Å²) in [7, 11) is 1.60. The number of nitrogens with one attached hydrogen (secondary N) is 1. The highest BCUT2D eigenvalue weighted by Crippen LogP contribution is 2.27. The van der Waals surface area contributed by atoms with Gasteiger partial charge in [0.25, 0.3) is 0 Å². The van der Waals surface area contributed by atoms with Crippen molar-refractivity contribution < 1.29 is 14.3 Å². The van der Waals surface area contributed by atoms with E-state index >= 15 is 0 Å². The highest BCUT2D eigenvalue weighted by molar-refractivity contribution is 9.10. The van der Waals surface area contributed by atoms with Gasteiger partial charge in [0.1, 0.15) is 12.3 Å². The first kappa shape index (κ1) is 13.8. The van der Waals surface area contributed by atoms with Crippen molar-refractivity contribution in [1.82, 2.24) is 0 Å². The van der Waals surface area contributed by atoms with E-state index in [0.29, 0.717) is 0 Å². The Morgan fingerprint density at radius 3 is 2.71 bits per heavy atom. The van der Waals surface area contributed by atoms with Gasteiger partial charge in [-0.2, -0.15) is 0 Å². The van der Waals surface area contributed by atoms with Gasteiger partial charge in [-0.25, -0.2) is 0 Å². The molecule has 0 aliphatic carbocycles. The number of hydrogen-bond donors (Lipinski definition) is 1. The molecule has 0 aliphatic heterocycles. The maximum Gasteiger partial charge on any atom is 0.325 e. The monoisotopic (exact) mass is 301 g/mol. The minimum atomic E-state index is -0.271. The molecule has 1 rings (SSSR count). The summed E-state index contributed by atoms with van der Waals surface area (Å²) < 4.78 is 11.0. The smallest absolute Gasteiger partial charge is 0.325 e. The van der Waals surface area contributed by atoms with Crippen LogP contribution >= 0.6 is 15.9 Å². The number of ether oxygens (including phenoxy) is 2. The molecule has 0 spiro atoms. The molecule has 0 saturated heterocycles. The third-order valence-corrected chi connectivity index (χ3v) is 2.58. The molecule has 4 nitrogen and oxygen atoms in total. The number of carbonyl (C=O) groups excluding carboxylic acids is 1. The van der Waals surface area contributed by atoms with Crippen LogP contribution in [0.25, 0.3) is 0 Å². The lowest BCUT2D eigenvalue weighted by Gasteiger charge is -2.10. The zero-order valence-corrected chi connectivity index (χ0v) is 11.7. The van der Waals surface area contributed by atoms with E-state index < -0.39 is 0 Å². The lowest BCUT2D eigenvalue weighted by Crippen LogP contribution is -2.20. The van der Waals surface area contributed by atoms with E-state index in [-0.39, 0.29) is 18.6 Å². The molecule has 17 heavy (non-hydrogen) atoms. The second kappa shape index (κ2) is 6.49. The van der Waals surface area contributed by atoms with Crippen LogP contribution < -0.4 is 10.1 Å². The van der Waals surface area contributed by atoms with Crippen molar-refractivity contribution in [2.24, 2.45) is 0 Å².